The summed E-state index contributed by atoms with van der Waals surface area (Å²) in [6.07, 6.45) is 3.24. The summed E-state index contributed by atoms with van der Waals surface area (Å²) in [5.41, 5.74) is 2.51. The van der Waals surface area contributed by atoms with Crippen molar-refractivity contribution in [2.45, 2.75) is 132 Å². The topological polar surface area (TPSA) is 298 Å². The van der Waals surface area contributed by atoms with Gasteiger partial charge in [0, 0.05) is 85.8 Å². The van der Waals surface area contributed by atoms with E-state index in [1.807, 2.05) is 17.9 Å². The largest absolute Gasteiger partial charge is 0.399 e. The second-order valence-corrected chi connectivity index (χ2v) is 24.7. The zero-order valence-electron chi connectivity index (χ0n) is 46.0. The molecular weight excluding hydrogens is 1130 g/mol. The van der Waals surface area contributed by atoms with Crippen LogP contribution in [0.3, 0.4) is 0 Å². The van der Waals surface area contributed by atoms with Crippen LogP contribution in [0.2, 0.25) is 0 Å². The van der Waals surface area contributed by atoms with Crippen molar-refractivity contribution in [3.8, 4) is 11.8 Å². The number of piperidine rings is 2. The lowest BCUT2D eigenvalue weighted by atomic mass is 9.91. The molecule has 21 nitrogen and oxygen atoms in total. The number of thiophene rings is 1. The predicted molar refractivity (Wildman–Crippen MR) is 300 cm³/mol. The van der Waals surface area contributed by atoms with Crippen molar-refractivity contribution in [3.05, 3.63) is 105 Å². The number of fused-ring (bicyclic) bond motifs is 3. The van der Waals surface area contributed by atoms with Gasteiger partial charge in [0.1, 0.15) is 36.0 Å². The molecule has 4 fully saturated rings. The number of hydrogen-bond acceptors (Lipinski definition) is 12. The Hall–Kier alpha value is -7.49. The average molecular weight is 1200 g/mol. The molecule has 4 saturated heterocycles. The maximum absolute atomic E-state index is 14.7. The van der Waals surface area contributed by atoms with E-state index in [9.17, 15) is 70.7 Å². The van der Waals surface area contributed by atoms with E-state index in [-0.39, 0.29) is 79.6 Å². The van der Waals surface area contributed by atoms with Crippen LogP contribution in [0, 0.1) is 23.6 Å². The van der Waals surface area contributed by atoms with Crippen molar-refractivity contribution in [1.82, 2.24) is 40.9 Å². The molecular formula is C58H65F3N9O12PS. The van der Waals surface area contributed by atoms with E-state index in [0.717, 1.165) is 29.0 Å². The number of halogens is 3. The van der Waals surface area contributed by atoms with Gasteiger partial charge in [0.05, 0.1) is 4.88 Å². The molecule has 0 bridgehead atoms. The molecule has 8 N–H and O–H groups in total. The lowest BCUT2D eigenvalue weighted by Crippen LogP contribution is -2.62. The summed E-state index contributed by atoms with van der Waals surface area (Å²) < 4.78 is 55.2. The number of likely N-dealkylation sites (N-methyl/N-ethyl adjacent to an activating group) is 1. The van der Waals surface area contributed by atoms with E-state index < -0.39 is 102 Å². The van der Waals surface area contributed by atoms with Crippen molar-refractivity contribution in [2.75, 3.05) is 32.7 Å². The Balaban J connectivity index is 0.847. The molecule has 0 radical (unpaired) electrons. The first-order valence-corrected chi connectivity index (χ1v) is 30.4. The van der Waals surface area contributed by atoms with E-state index in [2.05, 4.69) is 33.1 Å². The molecule has 6 atom stereocenters. The molecule has 6 heterocycles. The number of nitrogens with two attached hydrogens (primary N) is 1. The van der Waals surface area contributed by atoms with Gasteiger partial charge in [-0.2, -0.15) is 8.78 Å². The van der Waals surface area contributed by atoms with E-state index in [1.54, 1.807) is 17.0 Å². The molecule has 446 valence electrons. The lowest BCUT2D eigenvalue weighted by molar-refractivity contribution is -0.144. The van der Waals surface area contributed by atoms with Gasteiger partial charge < -0.3 is 51.1 Å². The van der Waals surface area contributed by atoms with Crippen LogP contribution >= 0.6 is 18.9 Å². The van der Waals surface area contributed by atoms with Crippen LogP contribution in [0.25, 0.3) is 10.1 Å². The van der Waals surface area contributed by atoms with Crippen molar-refractivity contribution in [3.63, 3.8) is 0 Å². The third kappa shape index (κ3) is 13.7. The fraction of sp³-hybridized carbons (Fsp3) is 0.466. The van der Waals surface area contributed by atoms with Crippen molar-refractivity contribution < 1.29 is 70.7 Å². The summed E-state index contributed by atoms with van der Waals surface area (Å²) in [5, 5.41) is 10.7. The van der Waals surface area contributed by atoms with Crippen molar-refractivity contribution >= 4 is 82.2 Å². The molecule has 3 aromatic carbocycles. The number of primary amides is 1. The second-order valence-electron chi connectivity index (χ2n) is 21.9. The Labute approximate surface area is 485 Å². The molecule has 5 aliphatic heterocycles. The number of hydrogen-bond donors (Lipinski definition) is 7. The Morgan fingerprint density at radius 2 is 1.67 bits per heavy atom. The molecule has 26 heteroatoms. The predicted octanol–water partition coefficient (Wildman–Crippen LogP) is 3.76. The van der Waals surface area contributed by atoms with Gasteiger partial charge in [-0.25, -0.2) is 4.39 Å². The highest BCUT2D eigenvalue weighted by Crippen LogP contribution is 2.59. The first-order chi connectivity index (χ1) is 40.0. The third-order valence-electron chi connectivity index (χ3n) is 16.5. The Morgan fingerprint density at radius 3 is 2.37 bits per heavy atom. The SMILES string of the molecule is CCN1CC[C@H]2CC[C@@H](C(=O)N[C@@H](CCC(N)=O)C(=O)N[C@@H](Cc3ccc(F)cc3)C(=O)N3CCC(CCC#Cc4cccc5c4CN(C4CCC(=O)NC4=O)C5=O)CC3)N2C(=O)[C@@H](NC(=O)c2cc3cc(C(F)(F)P(=O)(O)O)ccc3s2)C1. The molecule has 0 aliphatic carbocycles. The van der Waals surface area contributed by atoms with Crippen LogP contribution in [0.4, 0.5) is 13.2 Å². The lowest BCUT2D eigenvalue weighted by Gasteiger charge is -2.38. The van der Waals surface area contributed by atoms with E-state index in [4.69, 9.17) is 5.73 Å². The minimum atomic E-state index is -5.88. The van der Waals surface area contributed by atoms with Crippen LogP contribution in [-0.2, 0) is 56.8 Å². The number of imide groups is 1. The Bertz CT molecular complexity index is 3380. The quantitative estimate of drug-likeness (QED) is 0.0425. The minimum absolute atomic E-state index is 0.0198. The number of likely N-dealkylation sites (tertiary alicyclic amines) is 1. The average Bonchev–Trinajstić information content (AvgIpc) is 2.93. The van der Waals surface area contributed by atoms with Crippen molar-refractivity contribution in [1.29, 1.82) is 0 Å². The maximum Gasteiger partial charge on any atom is 0.399 e. The first-order valence-electron chi connectivity index (χ1n) is 28.0. The van der Waals surface area contributed by atoms with Gasteiger partial charge in [-0.15, -0.1) is 11.3 Å². The van der Waals surface area contributed by atoms with Crippen LogP contribution in [0.15, 0.2) is 66.7 Å². The van der Waals surface area contributed by atoms with Crippen LogP contribution < -0.4 is 27.0 Å². The molecule has 5 aliphatic rings. The highest BCUT2D eigenvalue weighted by atomic mass is 32.1. The fourth-order valence-corrected chi connectivity index (χ4v) is 13.2. The summed E-state index contributed by atoms with van der Waals surface area (Å²) in [7, 11) is -5.88. The molecule has 4 aromatic rings. The zero-order valence-corrected chi connectivity index (χ0v) is 47.7. The number of nitrogens with one attached hydrogen (secondary N) is 4. The van der Waals surface area contributed by atoms with Gasteiger partial charge in [-0.05, 0) is 123 Å². The summed E-state index contributed by atoms with van der Waals surface area (Å²) in [4.78, 5) is 147. The molecule has 1 unspecified atom stereocenters. The summed E-state index contributed by atoms with van der Waals surface area (Å²) in [6.45, 7) is 3.81. The number of rotatable bonds is 18. The number of carbonyl (C=O) groups excluding carboxylic acids is 9. The highest BCUT2D eigenvalue weighted by Gasteiger charge is 2.51. The third-order valence-corrected chi connectivity index (χ3v) is 18.6. The number of alkyl halides is 2. The number of carbonyl (C=O) groups is 9. The molecule has 0 saturated carbocycles. The molecule has 9 amide bonds. The van der Waals surface area contributed by atoms with E-state index in [1.165, 1.54) is 46.2 Å². The first kappa shape index (κ1) is 61.1. The number of nitrogens with zero attached hydrogens (tertiary/aromatic N) is 4. The number of benzene rings is 3. The zero-order chi connectivity index (χ0) is 60.2. The molecule has 1 aromatic heterocycles. The van der Waals surface area contributed by atoms with E-state index >= 15 is 0 Å². The highest BCUT2D eigenvalue weighted by molar-refractivity contribution is 7.52. The summed E-state index contributed by atoms with van der Waals surface area (Å²) in [6, 6.07) is 8.77. The fourth-order valence-electron chi connectivity index (χ4n) is 11.8. The number of amides is 9. The Kier molecular flexibility index (Phi) is 18.7. The van der Waals surface area contributed by atoms with Crippen LogP contribution in [0.5, 0.6) is 0 Å². The van der Waals surface area contributed by atoms with Gasteiger partial charge in [-0.3, -0.25) is 53.0 Å². The van der Waals surface area contributed by atoms with Crippen LogP contribution in [0.1, 0.15) is 120 Å². The molecule has 84 heavy (non-hydrogen) atoms. The normalized spacial score (nSPS) is 21.3. The van der Waals surface area contributed by atoms with Gasteiger partial charge in [-0.1, -0.05) is 43.0 Å². The Morgan fingerprint density at radius 1 is 0.917 bits per heavy atom. The monoisotopic (exact) mass is 1200 g/mol. The molecule has 9 rings (SSSR count). The van der Waals surface area contributed by atoms with Crippen molar-refractivity contribution in [2.24, 2.45) is 11.7 Å². The van der Waals surface area contributed by atoms with E-state index in [0.29, 0.717) is 86.1 Å². The molecule has 0 spiro atoms. The van der Waals surface area contributed by atoms with Gasteiger partial charge in [0.2, 0.25) is 41.4 Å². The van der Waals surface area contributed by atoms with Gasteiger partial charge >= 0.3 is 13.3 Å². The summed E-state index contributed by atoms with van der Waals surface area (Å²) >= 11 is 0.914. The van der Waals surface area contributed by atoms with Crippen LogP contribution in [-0.4, -0.2) is 152 Å². The summed E-state index contributed by atoms with van der Waals surface area (Å²) in [5.74, 6) is 0.902. The second kappa shape index (κ2) is 25.8. The minimum Gasteiger partial charge on any atom is -0.370 e. The van der Waals surface area contributed by atoms with Gasteiger partial charge in [0.15, 0.2) is 0 Å². The smallest absolute Gasteiger partial charge is 0.370 e. The maximum atomic E-state index is 14.7. The standard InChI is InChI=1S/C58H65F3N9O12PS/c1-2-67-25-24-39-15-17-46(70(39)57(79)44(32-67)65-54(76)48-30-36-29-37(12-19-47(36)84-48)58(60,61)83(80,81)82)53(75)63-42(16-20-49(62)71)51(73)64-43(28-34-10-13-38(59)14-11-34)56(78)68-26-22-33(23-27-68)6-3-4-7-35-8-5-9-40-41(35)31-69(55(40)77)45-18-21-50(72)66-52(45)74/h5,8-14,19,29-30,33,39,42-46H,2-3,6,15-18,20-28,31-32H2,1H3,(H2,62,71)(H,63,75)(H,64,73)(H,65,76)(H,66,72,74)(H2,80,81,82)/t39-,42+,43+,44+,45?,46+/m1/s1. The van der Waals surface area contributed by atoms with Gasteiger partial charge in [0.25, 0.3) is 11.8 Å².